The van der Waals surface area contributed by atoms with Crippen LogP contribution in [0.5, 0.6) is 5.75 Å². The Kier molecular flexibility index (Phi) is 4.95. The minimum absolute atomic E-state index is 0.385. The number of methoxy groups -OCH3 is 1. The average Bonchev–Trinajstić information content (AvgIpc) is 2.96. The quantitative estimate of drug-likeness (QED) is 0.486. The number of aliphatic carboxylic acids is 1. The summed E-state index contributed by atoms with van der Waals surface area (Å²) in [5.41, 5.74) is 1.07. The second-order valence-electron chi connectivity index (χ2n) is 4.49. The summed E-state index contributed by atoms with van der Waals surface area (Å²) in [5, 5.41) is 17.6. The third-order valence-electron chi connectivity index (χ3n) is 2.93. The zero-order valence-corrected chi connectivity index (χ0v) is 12.6. The fourth-order valence-electron chi connectivity index (χ4n) is 1.81. The van der Waals surface area contributed by atoms with Crippen LogP contribution in [-0.4, -0.2) is 29.1 Å². The zero-order chi connectivity index (χ0) is 16.1. The molecular weight excluding hydrogens is 304 g/mol. The summed E-state index contributed by atoms with van der Waals surface area (Å²) in [4.78, 5) is 23.6. The van der Waals surface area contributed by atoms with E-state index < -0.39 is 17.5 Å². The van der Waals surface area contributed by atoms with Crippen molar-refractivity contribution in [2.75, 3.05) is 7.11 Å². The number of carboxylic acid groups (broad SMARTS) is 1. The standard InChI is InChI=1S/C16H14O5S/c1-21-11-4-2-10(3-5-11)8-12-6-7-15(22-12)13(17)9-14(18)16(19)20/h2-7,9,18H,8H2,1H3,(H,19,20)/b14-9-. The maximum Gasteiger partial charge on any atom is 0.371 e. The van der Waals surface area contributed by atoms with Crippen molar-refractivity contribution < 1.29 is 24.5 Å². The van der Waals surface area contributed by atoms with Crippen molar-refractivity contribution in [3.63, 3.8) is 0 Å². The van der Waals surface area contributed by atoms with Crippen LogP contribution in [0.15, 0.2) is 48.2 Å². The van der Waals surface area contributed by atoms with Crippen LogP contribution in [0.25, 0.3) is 0 Å². The van der Waals surface area contributed by atoms with Crippen LogP contribution in [0.2, 0.25) is 0 Å². The van der Waals surface area contributed by atoms with E-state index in [9.17, 15) is 9.59 Å². The van der Waals surface area contributed by atoms with Gasteiger partial charge >= 0.3 is 5.97 Å². The summed E-state index contributed by atoms with van der Waals surface area (Å²) in [5.74, 6) is -2.23. The van der Waals surface area contributed by atoms with E-state index in [4.69, 9.17) is 14.9 Å². The largest absolute Gasteiger partial charge is 0.502 e. The molecular formula is C16H14O5S. The van der Waals surface area contributed by atoms with Gasteiger partial charge < -0.3 is 14.9 Å². The van der Waals surface area contributed by atoms with Crippen molar-refractivity contribution in [3.8, 4) is 5.75 Å². The number of rotatable bonds is 6. The molecule has 6 heteroatoms. The van der Waals surface area contributed by atoms with Crippen LogP contribution in [0, 0.1) is 0 Å². The van der Waals surface area contributed by atoms with E-state index >= 15 is 0 Å². The fourth-order valence-corrected chi connectivity index (χ4v) is 2.76. The second-order valence-corrected chi connectivity index (χ2v) is 5.66. The van der Waals surface area contributed by atoms with Gasteiger partial charge in [0.15, 0.2) is 5.78 Å². The lowest BCUT2D eigenvalue weighted by atomic mass is 10.1. The molecule has 0 unspecified atom stereocenters. The zero-order valence-electron chi connectivity index (χ0n) is 11.8. The second kappa shape index (κ2) is 6.91. The molecule has 0 aliphatic carbocycles. The van der Waals surface area contributed by atoms with Gasteiger partial charge in [0.1, 0.15) is 5.75 Å². The number of hydrogen-bond donors (Lipinski definition) is 2. The molecule has 0 atom stereocenters. The molecule has 0 aliphatic rings. The van der Waals surface area contributed by atoms with Crippen LogP contribution in [0.1, 0.15) is 20.1 Å². The average molecular weight is 318 g/mol. The first-order valence-corrected chi connectivity index (χ1v) is 7.21. The van der Waals surface area contributed by atoms with Gasteiger partial charge in [-0.05, 0) is 29.8 Å². The number of ether oxygens (including phenoxy) is 1. The molecule has 0 fully saturated rings. The van der Waals surface area contributed by atoms with Crippen molar-refractivity contribution in [3.05, 3.63) is 63.6 Å². The number of aliphatic hydroxyl groups is 1. The Morgan fingerprint density at radius 3 is 2.41 bits per heavy atom. The van der Waals surface area contributed by atoms with Gasteiger partial charge in [0.05, 0.1) is 12.0 Å². The first kappa shape index (κ1) is 15.8. The molecule has 0 saturated carbocycles. The Balaban J connectivity index is 2.09. The first-order chi connectivity index (χ1) is 10.5. The number of carbonyl (C=O) groups excluding carboxylic acids is 1. The maximum atomic E-state index is 11.8. The van der Waals surface area contributed by atoms with E-state index in [-0.39, 0.29) is 0 Å². The predicted octanol–water partition coefficient (Wildman–Crippen LogP) is 3.06. The number of allylic oxidation sites excluding steroid dienone is 1. The molecule has 2 aromatic rings. The van der Waals surface area contributed by atoms with Gasteiger partial charge in [0.2, 0.25) is 5.76 Å². The summed E-state index contributed by atoms with van der Waals surface area (Å²) in [6.45, 7) is 0. The minimum Gasteiger partial charge on any atom is -0.502 e. The van der Waals surface area contributed by atoms with Crippen LogP contribution >= 0.6 is 11.3 Å². The summed E-state index contributed by atoms with van der Waals surface area (Å²) < 4.78 is 5.09. The van der Waals surface area contributed by atoms with E-state index in [0.717, 1.165) is 16.2 Å². The number of aliphatic hydroxyl groups excluding tert-OH is 1. The van der Waals surface area contributed by atoms with Crippen LogP contribution in [0.4, 0.5) is 0 Å². The van der Waals surface area contributed by atoms with Crippen LogP contribution < -0.4 is 4.74 Å². The molecule has 0 aliphatic heterocycles. The van der Waals surface area contributed by atoms with Crippen LogP contribution in [-0.2, 0) is 11.2 Å². The van der Waals surface area contributed by atoms with E-state index in [1.54, 1.807) is 13.2 Å². The Morgan fingerprint density at radius 2 is 1.82 bits per heavy atom. The highest BCUT2D eigenvalue weighted by Crippen LogP contribution is 2.22. The highest BCUT2D eigenvalue weighted by Gasteiger charge is 2.12. The molecule has 0 radical (unpaired) electrons. The molecule has 2 N–H and O–H groups in total. The third kappa shape index (κ3) is 3.95. The highest BCUT2D eigenvalue weighted by atomic mass is 32.1. The van der Waals surface area contributed by atoms with Gasteiger partial charge in [-0.1, -0.05) is 12.1 Å². The van der Waals surface area contributed by atoms with E-state index in [1.165, 1.54) is 11.3 Å². The molecule has 1 aromatic carbocycles. The Bertz CT molecular complexity index is 712. The topological polar surface area (TPSA) is 83.8 Å². The molecule has 1 aromatic heterocycles. The molecule has 1 heterocycles. The summed E-state index contributed by atoms with van der Waals surface area (Å²) in [6.07, 6.45) is 1.38. The van der Waals surface area contributed by atoms with Crippen LogP contribution in [0.3, 0.4) is 0 Å². The van der Waals surface area contributed by atoms with Gasteiger partial charge in [-0.2, -0.15) is 0 Å². The lowest BCUT2D eigenvalue weighted by molar-refractivity contribution is -0.135. The summed E-state index contributed by atoms with van der Waals surface area (Å²) >= 11 is 1.27. The monoisotopic (exact) mass is 318 g/mol. The summed E-state index contributed by atoms with van der Waals surface area (Å²) in [7, 11) is 1.60. The lowest BCUT2D eigenvalue weighted by Gasteiger charge is -2.01. The van der Waals surface area contributed by atoms with E-state index in [0.29, 0.717) is 17.4 Å². The van der Waals surface area contributed by atoms with Gasteiger partial charge in [0.25, 0.3) is 0 Å². The molecule has 0 saturated heterocycles. The number of hydrogen-bond acceptors (Lipinski definition) is 5. The molecule has 114 valence electrons. The maximum absolute atomic E-state index is 11.8. The SMILES string of the molecule is COc1ccc(Cc2ccc(C(=O)/C=C(\O)C(=O)O)s2)cc1. The number of thiophene rings is 1. The number of ketones is 1. The van der Waals surface area contributed by atoms with Gasteiger partial charge in [-0.25, -0.2) is 4.79 Å². The number of carbonyl (C=O) groups is 2. The van der Waals surface area contributed by atoms with Gasteiger partial charge in [0, 0.05) is 17.4 Å². The molecule has 0 spiro atoms. The van der Waals surface area contributed by atoms with E-state index in [1.807, 2.05) is 30.3 Å². The lowest BCUT2D eigenvalue weighted by Crippen LogP contribution is -2.02. The van der Waals surface area contributed by atoms with Crippen molar-refractivity contribution in [1.29, 1.82) is 0 Å². The van der Waals surface area contributed by atoms with Gasteiger partial charge in [-0.3, -0.25) is 4.79 Å². The smallest absolute Gasteiger partial charge is 0.371 e. The molecule has 2 rings (SSSR count). The molecule has 22 heavy (non-hydrogen) atoms. The minimum atomic E-state index is -1.52. The normalized spacial score (nSPS) is 11.2. The summed E-state index contributed by atoms with van der Waals surface area (Å²) in [6, 6.07) is 11.0. The van der Waals surface area contributed by atoms with Crippen molar-refractivity contribution in [2.24, 2.45) is 0 Å². The fraction of sp³-hybridized carbons (Fsp3) is 0.125. The van der Waals surface area contributed by atoms with Crippen molar-refractivity contribution in [1.82, 2.24) is 0 Å². The first-order valence-electron chi connectivity index (χ1n) is 6.39. The molecule has 0 bridgehead atoms. The Morgan fingerprint density at radius 1 is 1.14 bits per heavy atom. The highest BCUT2D eigenvalue weighted by molar-refractivity contribution is 7.14. The number of benzene rings is 1. The predicted molar refractivity (Wildman–Crippen MR) is 82.8 cm³/mol. The van der Waals surface area contributed by atoms with Crippen molar-refractivity contribution >= 4 is 23.1 Å². The third-order valence-corrected chi connectivity index (χ3v) is 4.03. The molecule has 0 amide bonds. The van der Waals surface area contributed by atoms with Crippen molar-refractivity contribution in [2.45, 2.75) is 6.42 Å². The molecule has 5 nitrogen and oxygen atoms in total. The van der Waals surface area contributed by atoms with E-state index in [2.05, 4.69) is 0 Å². The Hall–Kier alpha value is -2.60. The number of carboxylic acids is 1. The van der Waals surface area contributed by atoms with Gasteiger partial charge in [-0.15, -0.1) is 11.3 Å². The Labute approximate surface area is 131 Å².